The molecule has 1 saturated heterocycles. The lowest BCUT2D eigenvalue weighted by Crippen LogP contribution is -2.05. The highest BCUT2D eigenvalue weighted by Gasteiger charge is 2.24. The molecule has 0 aromatic carbocycles. The Morgan fingerprint density at radius 2 is 2.21 bits per heavy atom. The topological polar surface area (TPSA) is 53.5 Å². The van der Waals surface area contributed by atoms with Crippen molar-refractivity contribution in [2.75, 3.05) is 20.3 Å². The van der Waals surface area contributed by atoms with Gasteiger partial charge in [-0.05, 0) is 15.9 Å². The molecule has 0 aliphatic carbocycles. The maximum Gasteiger partial charge on any atom is 0.241 e. The first-order chi connectivity index (χ1) is 6.81. The Morgan fingerprint density at radius 1 is 1.50 bits per heavy atom. The number of halogens is 1. The zero-order valence-electron chi connectivity index (χ0n) is 7.57. The van der Waals surface area contributed by atoms with E-state index in [1.807, 2.05) is 0 Å². The fourth-order valence-electron chi connectivity index (χ4n) is 1.19. The summed E-state index contributed by atoms with van der Waals surface area (Å²) in [7, 11) is 1.54. The standard InChI is InChI=1S/C8H9BrN2O3/c1-12-7-6(8-13-2-3-14-8)10-4-5(9)11-7/h4,8H,2-3H2,1H3. The van der Waals surface area contributed by atoms with Gasteiger partial charge in [0.05, 0.1) is 26.5 Å². The van der Waals surface area contributed by atoms with E-state index in [2.05, 4.69) is 25.9 Å². The number of aromatic nitrogens is 2. The van der Waals surface area contributed by atoms with Crippen LogP contribution in [-0.4, -0.2) is 30.3 Å². The van der Waals surface area contributed by atoms with Crippen molar-refractivity contribution in [3.63, 3.8) is 0 Å². The number of nitrogens with zero attached hydrogens (tertiary/aromatic N) is 2. The number of methoxy groups -OCH3 is 1. The van der Waals surface area contributed by atoms with Crippen molar-refractivity contribution in [3.05, 3.63) is 16.5 Å². The molecule has 0 atom stereocenters. The first kappa shape index (κ1) is 9.82. The van der Waals surface area contributed by atoms with Crippen LogP contribution in [0.5, 0.6) is 5.88 Å². The smallest absolute Gasteiger partial charge is 0.241 e. The Bertz CT molecular complexity index is 328. The van der Waals surface area contributed by atoms with Crippen molar-refractivity contribution >= 4 is 15.9 Å². The van der Waals surface area contributed by atoms with Gasteiger partial charge in [-0.1, -0.05) is 0 Å². The van der Waals surface area contributed by atoms with Crippen LogP contribution < -0.4 is 4.74 Å². The minimum absolute atomic E-state index is 0.422. The second-order valence-corrected chi connectivity index (χ2v) is 3.47. The normalized spacial score (nSPS) is 17.3. The molecule has 0 N–H and O–H groups in total. The highest BCUT2D eigenvalue weighted by molar-refractivity contribution is 9.10. The van der Waals surface area contributed by atoms with Crippen LogP contribution in [0.3, 0.4) is 0 Å². The van der Waals surface area contributed by atoms with Crippen LogP contribution in [0.2, 0.25) is 0 Å². The zero-order chi connectivity index (χ0) is 9.97. The molecule has 1 aliphatic heterocycles. The van der Waals surface area contributed by atoms with E-state index in [0.29, 0.717) is 29.4 Å². The van der Waals surface area contributed by atoms with Crippen LogP contribution in [0, 0.1) is 0 Å². The van der Waals surface area contributed by atoms with Crippen LogP contribution in [-0.2, 0) is 9.47 Å². The van der Waals surface area contributed by atoms with Crippen LogP contribution in [0.25, 0.3) is 0 Å². The molecule has 0 radical (unpaired) electrons. The quantitative estimate of drug-likeness (QED) is 0.803. The molecule has 5 nitrogen and oxygen atoms in total. The van der Waals surface area contributed by atoms with Gasteiger partial charge in [0.1, 0.15) is 4.60 Å². The molecule has 76 valence electrons. The van der Waals surface area contributed by atoms with Crippen molar-refractivity contribution in [1.82, 2.24) is 9.97 Å². The van der Waals surface area contributed by atoms with Crippen LogP contribution in [0.1, 0.15) is 12.0 Å². The monoisotopic (exact) mass is 260 g/mol. The molecule has 14 heavy (non-hydrogen) atoms. The maximum absolute atomic E-state index is 5.30. The van der Waals surface area contributed by atoms with Gasteiger partial charge in [0.2, 0.25) is 12.2 Å². The van der Waals surface area contributed by atoms with Gasteiger partial charge in [-0.3, -0.25) is 0 Å². The lowest BCUT2D eigenvalue weighted by Gasteiger charge is -2.11. The van der Waals surface area contributed by atoms with E-state index in [1.165, 1.54) is 7.11 Å². The SMILES string of the molecule is COc1nc(Br)cnc1C1OCCO1. The summed E-state index contributed by atoms with van der Waals surface area (Å²) in [5.41, 5.74) is 0.577. The summed E-state index contributed by atoms with van der Waals surface area (Å²) in [6.07, 6.45) is 1.13. The predicted molar refractivity (Wildman–Crippen MR) is 50.9 cm³/mol. The zero-order valence-corrected chi connectivity index (χ0v) is 9.15. The van der Waals surface area contributed by atoms with E-state index < -0.39 is 6.29 Å². The minimum Gasteiger partial charge on any atom is -0.480 e. The second-order valence-electron chi connectivity index (χ2n) is 2.66. The number of rotatable bonds is 2. The van der Waals surface area contributed by atoms with Crippen molar-refractivity contribution in [2.24, 2.45) is 0 Å². The summed E-state index contributed by atoms with van der Waals surface area (Å²) in [6.45, 7) is 1.15. The van der Waals surface area contributed by atoms with Gasteiger partial charge in [-0.2, -0.15) is 0 Å². The van der Waals surface area contributed by atoms with Crippen LogP contribution in [0.4, 0.5) is 0 Å². The summed E-state index contributed by atoms with van der Waals surface area (Å²) in [5, 5.41) is 0. The van der Waals surface area contributed by atoms with E-state index in [1.54, 1.807) is 6.20 Å². The fraction of sp³-hybridized carbons (Fsp3) is 0.500. The van der Waals surface area contributed by atoms with Crippen molar-refractivity contribution in [1.29, 1.82) is 0 Å². The Kier molecular flexibility index (Phi) is 2.95. The number of hydrogen-bond acceptors (Lipinski definition) is 5. The highest BCUT2D eigenvalue weighted by atomic mass is 79.9. The van der Waals surface area contributed by atoms with Gasteiger partial charge in [-0.25, -0.2) is 9.97 Å². The van der Waals surface area contributed by atoms with Crippen molar-refractivity contribution in [2.45, 2.75) is 6.29 Å². The predicted octanol–water partition coefficient (Wildman–Crippen LogP) is 1.29. The van der Waals surface area contributed by atoms with E-state index in [-0.39, 0.29) is 0 Å². The van der Waals surface area contributed by atoms with Gasteiger partial charge < -0.3 is 14.2 Å². The van der Waals surface area contributed by atoms with Gasteiger partial charge in [0.15, 0.2) is 5.69 Å². The third kappa shape index (κ3) is 1.87. The average molecular weight is 261 g/mol. The van der Waals surface area contributed by atoms with E-state index in [9.17, 15) is 0 Å². The van der Waals surface area contributed by atoms with Gasteiger partial charge in [0, 0.05) is 0 Å². The lowest BCUT2D eigenvalue weighted by atomic mass is 10.4. The molecule has 0 spiro atoms. The summed E-state index contributed by atoms with van der Waals surface area (Å²) in [4.78, 5) is 8.25. The lowest BCUT2D eigenvalue weighted by molar-refractivity contribution is -0.0491. The molecule has 0 amide bonds. The largest absolute Gasteiger partial charge is 0.480 e. The first-order valence-electron chi connectivity index (χ1n) is 4.11. The van der Waals surface area contributed by atoms with Crippen molar-refractivity contribution in [3.8, 4) is 5.88 Å². The molecular formula is C8H9BrN2O3. The molecule has 6 heteroatoms. The molecule has 0 unspecified atom stereocenters. The van der Waals surface area contributed by atoms with Crippen molar-refractivity contribution < 1.29 is 14.2 Å². The van der Waals surface area contributed by atoms with E-state index in [0.717, 1.165) is 0 Å². The minimum atomic E-state index is -0.453. The molecule has 2 rings (SSSR count). The molecule has 0 bridgehead atoms. The Labute approximate surface area is 89.5 Å². The van der Waals surface area contributed by atoms with Gasteiger partial charge in [-0.15, -0.1) is 0 Å². The van der Waals surface area contributed by atoms with Crippen LogP contribution in [0.15, 0.2) is 10.8 Å². The Hall–Kier alpha value is -0.720. The summed E-state index contributed by atoms with van der Waals surface area (Å²) < 4.78 is 16.3. The average Bonchev–Trinajstić information content (AvgIpc) is 2.70. The summed E-state index contributed by atoms with van der Waals surface area (Å²) in [6, 6.07) is 0. The van der Waals surface area contributed by atoms with E-state index >= 15 is 0 Å². The molecule has 2 heterocycles. The molecule has 1 aromatic rings. The summed E-state index contributed by atoms with van der Waals surface area (Å²) >= 11 is 3.21. The third-order valence-electron chi connectivity index (χ3n) is 1.78. The van der Waals surface area contributed by atoms with E-state index in [4.69, 9.17) is 14.2 Å². The molecule has 1 aliphatic rings. The summed E-state index contributed by atoms with van der Waals surface area (Å²) in [5.74, 6) is 0.422. The molecule has 1 fully saturated rings. The first-order valence-corrected chi connectivity index (χ1v) is 4.90. The number of ether oxygens (including phenoxy) is 3. The molecule has 0 saturated carbocycles. The Balaban J connectivity index is 2.31. The third-order valence-corrected chi connectivity index (χ3v) is 2.16. The van der Waals surface area contributed by atoms with Gasteiger partial charge >= 0.3 is 0 Å². The van der Waals surface area contributed by atoms with Crippen LogP contribution >= 0.6 is 15.9 Å². The molecule has 1 aromatic heterocycles. The fourth-order valence-corrected chi connectivity index (χ4v) is 1.45. The highest BCUT2D eigenvalue weighted by Crippen LogP contribution is 2.28. The Morgan fingerprint density at radius 3 is 2.86 bits per heavy atom. The number of hydrogen-bond donors (Lipinski definition) is 0. The van der Waals surface area contributed by atoms with Gasteiger partial charge in [0.25, 0.3) is 0 Å². The second kappa shape index (κ2) is 4.20. The molecular weight excluding hydrogens is 252 g/mol. The maximum atomic E-state index is 5.30.